The lowest BCUT2D eigenvalue weighted by molar-refractivity contribution is -0.125. The fourth-order valence-electron chi connectivity index (χ4n) is 3.51. The summed E-state index contributed by atoms with van der Waals surface area (Å²) in [6.45, 7) is 2.37. The Morgan fingerprint density at radius 2 is 1.88 bits per heavy atom. The number of imide groups is 1. The number of hydrogen-bond acceptors (Lipinski definition) is 4. The summed E-state index contributed by atoms with van der Waals surface area (Å²) >= 11 is 12.0. The van der Waals surface area contributed by atoms with Crippen molar-refractivity contribution in [2.45, 2.75) is 37.6 Å². The lowest BCUT2D eigenvalue weighted by Crippen LogP contribution is -2.54. The lowest BCUT2D eigenvalue weighted by atomic mass is 9.87. The van der Waals surface area contributed by atoms with Gasteiger partial charge in [-0.2, -0.15) is 0 Å². The van der Waals surface area contributed by atoms with Crippen LogP contribution >= 0.6 is 23.2 Å². The second kappa shape index (κ2) is 7.94. The van der Waals surface area contributed by atoms with Crippen molar-refractivity contribution in [3.8, 4) is 0 Å². The zero-order valence-electron chi connectivity index (χ0n) is 14.3. The third kappa shape index (κ3) is 4.19. The molecule has 0 atom stereocenters. The summed E-state index contributed by atoms with van der Waals surface area (Å²) < 4.78 is 0. The van der Waals surface area contributed by atoms with Gasteiger partial charge in [0.25, 0.3) is 5.91 Å². The van der Waals surface area contributed by atoms with Crippen LogP contribution in [0.5, 0.6) is 0 Å². The molecule has 0 radical (unpaired) electrons. The summed E-state index contributed by atoms with van der Waals surface area (Å²) in [6.07, 6.45) is 3.30. The van der Waals surface area contributed by atoms with Crippen LogP contribution in [-0.2, 0) is 4.79 Å². The largest absolute Gasteiger partial charge is 0.323 e. The Balaban J connectivity index is 1.40. The Morgan fingerprint density at radius 1 is 1.15 bits per heavy atom. The highest BCUT2D eigenvalue weighted by atomic mass is 35.5. The van der Waals surface area contributed by atoms with Gasteiger partial charge < -0.3 is 10.2 Å². The van der Waals surface area contributed by atoms with E-state index in [9.17, 15) is 14.4 Å². The van der Waals surface area contributed by atoms with Crippen molar-refractivity contribution in [2.24, 2.45) is 0 Å². The molecular formula is C18H21Cl2N3O3. The van der Waals surface area contributed by atoms with Gasteiger partial charge in [-0.3, -0.25) is 14.9 Å². The number of amides is 3. The topological polar surface area (TPSA) is 78.5 Å². The van der Waals surface area contributed by atoms with Crippen LogP contribution in [0.4, 0.5) is 4.79 Å². The van der Waals surface area contributed by atoms with Crippen molar-refractivity contribution in [1.82, 2.24) is 15.5 Å². The summed E-state index contributed by atoms with van der Waals surface area (Å²) in [5.41, 5.74) is -0.255. The maximum absolute atomic E-state index is 12.3. The summed E-state index contributed by atoms with van der Waals surface area (Å²) in [4.78, 5) is 37.8. The standard InChI is InChI=1S/C18H21Cl2N3O3/c19-12-4-5-14(20)13(11-12)15(24)3-1-2-8-23-9-6-18(7-10-23)16(25)21-17(26)22-18/h4-5,11H,1-3,6-10H2,(H2,21,22,25,26). The van der Waals surface area contributed by atoms with Gasteiger partial charge in [-0.05, 0) is 50.4 Å². The van der Waals surface area contributed by atoms with Crippen LogP contribution in [0.25, 0.3) is 0 Å². The second-order valence-corrected chi connectivity index (χ2v) is 7.68. The molecule has 26 heavy (non-hydrogen) atoms. The van der Waals surface area contributed by atoms with Crippen LogP contribution in [0.1, 0.15) is 42.5 Å². The fourth-order valence-corrected chi connectivity index (χ4v) is 3.90. The third-order valence-electron chi connectivity index (χ3n) is 5.08. The Labute approximate surface area is 162 Å². The molecule has 2 fully saturated rings. The Morgan fingerprint density at radius 3 is 2.54 bits per heavy atom. The van der Waals surface area contributed by atoms with Crippen LogP contribution in [0, 0.1) is 0 Å². The highest BCUT2D eigenvalue weighted by Gasteiger charge is 2.47. The summed E-state index contributed by atoms with van der Waals surface area (Å²) in [7, 11) is 0. The van der Waals surface area contributed by atoms with E-state index in [0.29, 0.717) is 34.9 Å². The molecule has 1 aromatic carbocycles. The minimum Gasteiger partial charge on any atom is -0.323 e. The molecule has 2 aliphatic rings. The summed E-state index contributed by atoms with van der Waals surface area (Å²) in [5.74, 6) is -0.216. The van der Waals surface area contributed by atoms with Crippen LogP contribution < -0.4 is 10.6 Å². The number of nitrogens with one attached hydrogen (secondary N) is 2. The van der Waals surface area contributed by atoms with Crippen LogP contribution in [0.2, 0.25) is 10.0 Å². The number of likely N-dealkylation sites (tertiary alicyclic amines) is 1. The molecule has 140 valence electrons. The first kappa shape index (κ1) is 19.1. The van der Waals surface area contributed by atoms with Crippen molar-refractivity contribution in [1.29, 1.82) is 0 Å². The number of hydrogen-bond donors (Lipinski definition) is 2. The number of rotatable bonds is 6. The average molecular weight is 398 g/mol. The zero-order valence-corrected chi connectivity index (χ0v) is 15.8. The first-order valence-corrected chi connectivity index (χ1v) is 9.49. The third-order valence-corrected chi connectivity index (χ3v) is 5.65. The van der Waals surface area contributed by atoms with Crippen molar-refractivity contribution >= 4 is 40.9 Å². The monoisotopic (exact) mass is 397 g/mol. The number of urea groups is 1. The molecule has 0 unspecified atom stereocenters. The average Bonchev–Trinajstić information content (AvgIpc) is 2.88. The molecule has 0 aromatic heterocycles. The molecule has 1 spiro atoms. The van der Waals surface area contributed by atoms with Crippen molar-refractivity contribution < 1.29 is 14.4 Å². The van der Waals surface area contributed by atoms with Gasteiger partial charge in [-0.15, -0.1) is 0 Å². The molecule has 0 bridgehead atoms. The van der Waals surface area contributed by atoms with Gasteiger partial charge >= 0.3 is 6.03 Å². The molecule has 3 amide bonds. The Kier molecular flexibility index (Phi) is 5.85. The SMILES string of the molecule is O=C1NC(=O)C2(CCN(CCCCC(=O)c3cc(Cl)ccc3Cl)CC2)N1. The normalized spacial score (nSPS) is 19.5. The van der Waals surface area contributed by atoms with E-state index >= 15 is 0 Å². The molecule has 0 saturated carbocycles. The van der Waals surface area contributed by atoms with E-state index in [2.05, 4.69) is 15.5 Å². The van der Waals surface area contributed by atoms with E-state index in [1.165, 1.54) is 0 Å². The van der Waals surface area contributed by atoms with Crippen LogP contribution in [0.3, 0.4) is 0 Å². The van der Waals surface area contributed by atoms with Gasteiger partial charge in [0.2, 0.25) is 0 Å². The molecule has 6 nitrogen and oxygen atoms in total. The highest BCUT2D eigenvalue weighted by Crippen LogP contribution is 2.26. The minimum absolute atomic E-state index is 0.000404. The molecular weight excluding hydrogens is 377 g/mol. The molecule has 8 heteroatoms. The molecule has 3 rings (SSSR count). The van der Waals surface area contributed by atoms with E-state index in [0.717, 1.165) is 32.5 Å². The number of nitrogens with zero attached hydrogens (tertiary/aromatic N) is 1. The number of benzene rings is 1. The maximum Gasteiger partial charge on any atom is 0.322 e. The van der Waals surface area contributed by atoms with Crippen molar-refractivity contribution in [2.75, 3.05) is 19.6 Å². The molecule has 2 N–H and O–H groups in total. The number of halogens is 2. The van der Waals surface area contributed by atoms with Gasteiger partial charge in [0.15, 0.2) is 5.78 Å². The number of carbonyl (C=O) groups is 3. The quantitative estimate of drug-likeness (QED) is 0.439. The lowest BCUT2D eigenvalue weighted by Gasteiger charge is -2.36. The zero-order chi connectivity index (χ0) is 18.7. The van der Waals surface area contributed by atoms with E-state index in [1.807, 2.05) is 0 Å². The molecule has 2 aliphatic heterocycles. The van der Waals surface area contributed by atoms with E-state index in [4.69, 9.17) is 23.2 Å². The van der Waals surface area contributed by atoms with Gasteiger partial charge in [0, 0.05) is 30.1 Å². The Hall–Kier alpha value is -1.63. The van der Waals surface area contributed by atoms with Gasteiger partial charge in [0.05, 0.1) is 5.02 Å². The first-order chi connectivity index (χ1) is 12.4. The Bertz CT molecular complexity index is 730. The summed E-state index contributed by atoms with van der Waals surface area (Å²) in [6, 6.07) is 4.51. The van der Waals surface area contributed by atoms with Crippen LogP contribution in [-0.4, -0.2) is 47.8 Å². The minimum atomic E-state index is -0.729. The van der Waals surface area contributed by atoms with E-state index in [-0.39, 0.29) is 11.7 Å². The number of carbonyl (C=O) groups excluding carboxylic acids is 3. The predicted molar refractivity (Wildman–Crippen MR) is 99.7 cm³/mol. The van der Waals surface area contributed by atoms with E-state index in [1.54, 1.807) is 18.2 Å². The van der Waals surface area contributed by atoms with E-state index < -0.39 is 11.6 Å². The number of unbranched alkanes of at least 4 members (excludes halogenated alkanes) is 1. The van der Waals surface area contributed by atoms with Gasteiger partial charge in [0.1, 0.15) is 5.54 Å². The maximum atomic E-state index is 12.3. The first-order valence-electron chi connectivity index (χ1n) is 8.74. The summed E-state index contributed by atoms with van der Waals surface area (Å²) in [5, 5.41) is 6.00. The van der Waals surface area contributed by atoms with Crippen molar-refractivity contribution in [3.63, 3.8) is 0 Å². The van der Waals surface area contributed by atoms with Gasteiger partial charge in [-0.25, -0.2) is 4.79 Å². The molecule has 2 saturated heterocycles. The fraction of sp³-hybridized carbons (Fsp3) is 0.500. The number of piperidine rings is 1. The predicted octanol–water partition coefficient (Wildman–Crippen LogP) is 3.02. The molecule has 2 heterocycles. The van der Waals surface area contributed by atoms with Crippen LogP contribution in [0.15, 0.2) is 18.2 Å². The van der Waals surface area contributed by atoms with Gasteiger partial charge in [-0.1, -0.05) is 23.2 Å². The number of Topliss-reactive ketones (excluding diaryl/α,β-unsaturated/α-hetero) is 1. The second-order valence-electron chi connectivity index (χ2n) is 6.84. The van der Waals surface area contributed by atoms with Crippen molar-refractivity contribution in [3.05, 3.63) is 33.8 Å². The smallest absolute Gasteiger partial charge is 0.322 e. The highest BCUT2D eigenvalue weighted by molar-refractivity contribution is 6.35. The number of ketones is 1. The molecule has 0 aliphatic carbocycles. The molecule has 1 aromatic rings.